The molecule has 0 aliphatic rings. The fourth-order valence-corrected chi connectivity index (χ4v) is 3.57. The maximum absolute atomic E-state index is 6.18. The standard InChI is InChI=1S/C23H20Cl2N4O/c1-2-29-21-9-4-3-8-20(21)27-23(29)28-26-14-17-13-19(25)10-11-22(17)30-15-16-6-5-7-18(24)12-16/h3-14H,2,15H2,1H3,(H,27,28)/b26-14-. The summed E-state index contributed by atoms with van der Waals surface area (Å²) in [6.07, 6.45) is 1.68. The van der Waals surface area contributed by atoms with Gasteiger partial charge in [-0.3, -0.25) is 0 Å². The summed E-state index contributed by atoms with van der Waals surface area (Å²) in [5, 5.41) is 5.65. The minimum absolute atomic E-state index is 0.391. The van der Waals surface area contributed by atoms with Gasteiger partial charge in [0.1, 0.15) is 12.4 Å². The number of hydrogen-bond acceptors (Lipinski definition) is 4. The molecule has 0 atom stereocenters. The molecule has 7 heteroatoms. The van der Waals surface area contributed by atoms with Crippen LogP contribution in [0.25, 0.3) is 11.0 Å². The molecule has 1 aromatic heterocycles. The third-order valence-corrected chi connectivity index (χ3v) is 5.06. The maximum Gasteiger partial charge on any atom is 0.224 e. The molecule has 0 spiro atoms. The number of anilines is 1. The van der Waals surface area contributed by atoms with Gasteiger partial charge < -0.3 is 9.30 Å². The Morgan fingerprint density at radius 2 is 1.87 bits per heavy atom. The normalized spacial score (nSPS) is 11.3. The van der Waals surface area contributed by atoms with E-state index < -0.39 is 0 Å². The van der Waals surface area contributed by atoms with Crippen molar-refractivity contribution in [2.75, 3.05) is 5.43 Å². The number of halogens is 2. The molecule has 0 aliphatic heterocycles. The minimum Gasteiger partial charge on any atom is -0.488 e. The number of para-hydroxylation sites is 2. The van der Waals surface area contributed by atoms with E-state index in [1.165, 1.54) is 0 Å². The van der Waals surface area contributed by atoms with Crippen molar-refractivity contribution < 1.29 is 4.74 Å². The largest absolute Gasteiger partial charge is 0.488 e. The van der Waals surface area contributed by atoms with Gasteiger partial charge in [0.25, 0.3) is 0 Å². The van der Waals surface area contributed by atoms with Crippen molar-refractivity contribution in [3.63, 3.8) is 0 Å². The first-order chi connectivity index (χ1) is 14.6. The lowest BCUT2D eigenvalue weighted by atomic mass is 10.2. The van der Waals surface area contributed by atoms with E-state index in [0.29, 0.717) is 28.3 Å². The Kier molecular flexibility index (Phi) is 6.21. The van der Waals surface area contributed by atoms with E-state index in [-0.39, 0.29) is 0 Å². The fraction of sp³-hybridized carbons (Fsp3) is 0.130. The number of imidazole rings is 1. The minimum atomic E-state index is 0.391. The highest BCUT2D eigenvalue weighted by Crippen LogP contribution is 2.24. The molecular weight excluding hydrogens is 419 g/mol. The highest BCUT2D eigenvalue weighted by molar-refractivity contribution is 6.31. The molecular formula is C23H20Cl2N4O. The molecule has 3 aromatic carbocycles. The Bertz CT molecular complexity index is 1200. The third kappa shape index (κ3) is 4.58. The van der Waals surface area contributed by atoms with Gasteiger partial charge in [0.05, 0.1) is 17.2 Å². The van der Waals surface area contributed by atoms with E-state index in [1.54, 1.807) is 12.3 Å². The molecule has 0 amide bonds. The van der Waals surface area contributed by atoms with Gasteiger partial charge in [-0.2, -0.15) is 5.10 Å². The molecule has 1 N–H and O–H groups in total. The zero-order chi connectivity index (χ0) is 20.9. The maximum atomic E-state index is 6.18. The number of hydrazone groups is 1. The van der Waals surface area contributed by atoms with Gasteiger partial charge in [0.2, 0.25) is 5.95 Å². The molecule has 30 heavy (non-hydrogen) atoms. The van der Waals surface area contributed by atoms with Gasteiger partial charge in [0, 0.05) is 22.2 Å². The average Bonchev–Trinajstić information content (AvgIpc) is 3.10. The number of benzene rings is 3. The number of hydrogen-bond donors (Lipinski definition) is 1. The topological polar surface area (TPSA) is 51.4 Å². The van der Waals surface area contributed by atoms with Crippen LogP contribution in [0.3, 0.4) is 0 Å². The van der Waals surface area contributed by atoms with E-state index in [1.807, 2.05) is 60.7 Å². The third-order valence-electron chi connectivity index (χ3n) is 4.59. The number of nitrogens with zero attached hydrogens (tertiary/aromatic N) is 3. The Morgan fingerprint density at radius 3 is 2.70 bits per heavy atom. The number of nitrogens with one attached hydrogen (secondary N) is 1. The second kappa shape index (κ2) is 9.20. The quantitative estimate of drug-likeness (QED) is 0.268. The Balaban J connectivity index is 1.53. The molecule has 0 unspecified atom stereocenters. The molecule has 0 bridgehead atoms. The summed E-state index contributed by atoms with van der Waals surface area (Å²) in [6.45, 7) is 3.24. The Hall–Kier alpha value is -3.02. The number of fused-ring (bicyclic) bond motifs is 1. The molecule has 4 aromatic rings. The monoisotopic (exact) mass is 438 g/mol. The predicted molar refractivity (Wildman–Crippen MR) is 124 cm³/mol. The lowest BCUT2D eigenvalue weighted by molar-refractivity contribution is 0.306. The van der Waals surface area contributed by atoms with Crippen molar-refractivity contribution in [1.29, 1.82) is 0 Å². The summed E-state index contributed by atoms with van der Waals surface area (Å²) in [6, 6.07) is 21.0. The van der Waals surface area contributed by atoms with Crippen LogP contribution in [0.15, 0.2) is 71.8 Å². The van der Waals surface area contributed by atoms with Crippen molar-refractivity contribution in [3.05, 3.63) is 87.9 Å². The summed E-state index contributed by atoms with van der Waals surface area (Å²) >= 11 is 12.2. The van der Waals surface area contributed by atoms with Gasteiger partial charge in [-0.05, 0) is 55.0 Å². The highest BCUT2D eigenvalue weighted by Gasteiger charge is 2.08. The first-order valence-corrected chi connectivity index (χ1v) is 10.3. The second-order valence-corrected chi connectivity index (χ2v) is 7.51. The fourth-order valence-electron chi connectivity index (χ4n) is 3.18. The molecule has 0 radical (unpaired) electrons. The zero-order valence-electron chi connectivity index (χ0n) is 16.3. The van der Waals surface area contributed by atoms with Crippen LogP contribution >= 0.6 is 23.2 Å². The molecule has 152 valence electrons. The Labute approximate surface area is 184 Å². The number of ether oxygens (including phenoxy) is 1. The SMILES string of the molecule is CCn1c(N/N=C\c2cc(Cl)ccc2OCc2cccc(Cl)c2)nc2ccccc21. The molecule has 5 nitrogen and oxygen atoms in total. The van der Waals surface area contributed by atoms with Crippen LogP contribution in [0, 0.1) is 0 Å². The van der Waals surface area contributed by atoms with E-state index in [4.69, 9.17) is 27.9 Å². The van der Waals surface area contributed by atoms with Gasteiger partial charge in [0.15, 0.2) is 0 Å². The predicted octanol–water partition coefficient (Wildman–Crippen LogP) is 6.39. The van der Waals surface area contributed by atoms with Gasteiger partial charge >= 0.3 is 0 Å². The van der Waals surface area contributed by atoms with Crippen LogP contribution < -0.4 is 10.2 Å². The first kappa shape index (κ1) is 20.3. The molecule has 0 aliphatic carbocycles. The summed E-state index contributed by atoms with van der Waals surface area (Å²) in [5.74, 6) is 1.35. The molecule has 1 heterocycles. The van der Waals surface area contributed by atoms with E-state index in [2.05, 4.69) is 27.0 Å². The number of rotatable bonds is 7. The molecule has 0 fully saturated rings. The van der Waals surface area contributed by atoms with E-state index in [9.17, 15) is 0 Å². The van der Waals surface area contributed by atoms with Gasteiger partial charge in [-0.25, -0.2) is 10.4 Å². The smallest absolute Gasteiger partial charge is 0.224 e. The van der Waals surface area contributed by atoms with Crippen LogP contribution in [-0.2, 0) is 13.2 Å². The molecule has 4 rings (SSSR count). The first-order valence-electron chi connectivity index (χ1n) is 9.55. The van der Waals surface area contributed by atoms with E-state index in [0.717, 1.165) is 28.7 Å². The van der Waals surface area contributed by atoms with Crippen LogP contribution in [-0.4, -0.2) is 15.8 Å². The van der Waals surface area contributed by atoms with Crippen molar-refractivity contribution in [3.8, 4) is 5.75 Å². The summed E-state index contributed by atoms with van der Waals surface area (Å²) in [7, 11) is 0. The van der Waals surface area contributed by atoms with Crippen LogP contribution in [0.2, 0.25) is 10.0 Å². The van der Waals surface area contributed by atoms with Gasteiger partial charge in [-0.15, -0.1) is 0 Å². The average molecular weight is 439 g/mol. The number of aryl methyl sites for hydroxylation is 1. The van der Waals surface area contributed by atoms with Crippen molar-refractivity contribution in [1.82, 2.24) is 9.55 Å². The molecule has 0 saturated carbocycles. The van der Waals surface area contributed by atoms with Crippen molar-refractivity contribution in [2.45, 2.75) is 20.1 Å². The van der Waals surface area contributed by atoms with Crippen LogP contribution in [0.5, 0.6) is 5.75 Å². The lowest BCUT2D eigenvalue weighted by Crippen LogP contribution is -2.03. The molecule has 0 saturated heterocycles. The Morgan fingerprint density at radius 1 is 1.03 bits per heavy atom. The van der Waals surface area contributed by atoms with Gasteiger partial charge in [-0.1, -0.05) is 47.5 Å². The second-order valence-electron chi connectivity index (χ2n) is 6.64. The summed E-state index contributed by atoms with van der Waals surface area (Å²) in [4.78, 5) is 4.61. The number of aromatic nitrogens is 2. The highest BCUT2D eigenvalue weighted by atomic mass is 35.5. The zero-order valence-corrected chi connectivity index (χ0v) is 17.9. The lowest BCUT2D eigenvalue weighted by Gasteiger charge is -2.10. The summed E-state index contributed by atoms with van der Waals surface area (Å²) in [5.41, 5.74) is 6.76. The van der Waals surface area contributed by atoms with Crippen molar-refractivity contribution in [2.24, 2.45) is 5.10 Å². The van der Waals surface area contributed by atoms with Crippen LogP contribution in [0.4, 0.5) is 5.95 Å². The van der Waals surface area contributed by atoms with Crippen LogP contribution in [0.1, 0.15) is 18.1 Å². The van der Waals surface area contributed by atoms with Crippen molar-refractivity contribution >= 4 is 46.4 Å². The summed E-state index contributed by atoms with van der Waals surface area (Å²) < 4.78 is 8.04. The van der Waals surface area contributed by atoms with E-state index >= 15 is 0 Å².